The van der Waals surface area contributed by atoms with Crippen LogP contribution in [-0.4, -0.2) is 11.6 Å². The molecule has 0 atom stereocenters. The minimum atomic E-state index is 0.764. The molecule has 0 rings (SSSR count). The summed E-state index contributed by atoms with van der Waals surface area (Å²) in [6.45, 7) is 0. The Balaban J connectivity index is 2.30. The van der Waals surface area contributed by atoms with Crippen molar-refractivity contribution in [3.63, 3.8) is 0 Å². The van der Waals surface area contributed by atoms with Crippen LogP contribution >= 0.6 is 12.1 Å². The third kappa shape index (κ3) is 2.04. The van der Waals surface area contributed by atoms with Gasteiger partial charge in [0, 0.05) is 0 Å². The molecule has 0 aromatic carbocycles. The fourth-order valence-corrected chi connectivity index (χ4v) is 0. The molecule has 0 saturated carbocycles. The van der Waals surface area contributed by atoms with E-state index in [1.807, 2.05) is 0 Å². The van der Waals surface area contributed by atoms with Crippen LogP contribution in [0.5, 0.6) is 0 Å². The molecule has 0 unspecified atom stereocenters. The van der Waals surface area contributed by atoms with Gasteiger partial charge < -0.3 is 0 Å². The topological polar surface area (TPSA) is 29.5 Å². The molecule has 2 nitrogen and oxygen atoms in total. The average molecular weight is 75.9 g/mol. The van der Waals surface area contributed by atoms with Crippen LogP contribution in [0.1, 0.15) is 0 Å². The molecule has 4 heteroatoms. The van der Waals surface area contributed by atoms with E-state index in [0.29, 0.717) is 0 Å². The molecule has 0 spiro atoms. The molecule has 0 saturated heterocycles. The van der Waals surface area contributed by atoms with Gasteiger partial charge in [-0.3, -0.25) is 0 Å². The number of hydrogen-bond acceptors (Lipinski definition) is 3. The molecular formula is HBO2S. The molecule has 1 N–H and O–H groups in total. The summed E-state index contributed by atoms with van der Waals surface area (Å²) in [5, 5.41) is 7.22. The molecule has 0 aliphatic carbocycles. The van der Waals surface area contributed by atoms with Crippen LogP contribution in [-0.2, 0) is 4.81 Å². The number of hydrogen-bond donors (Lipinski definition) is 1. The Morgan fingerprint density at radius 3 is 2.25 bits per heavy atom. The first-order chi connectivity index (χ1) is 1.91. The predicted molar refractivity (Wildman–Crippen MR) is 17.1 cm³/mol. The van der Waals surface area contributed by atoms with E-state index < -0.39 is 0 Å². The molecule has 0 fully saturated rings. The van der Waals surface area contributed by atoms with Gasteiger partial charge in [-0.25, -0.2) is 0 Å². The Morgan fingerprint density at radius 1 is 2.00 bits per heavy atom. The van der Waals surface area contributed by atoms with Gasteiger partial charge in [0.25, 0.3) is 0 Å². The van der Waals surface area contributed by atoms with E-state index in [2.05, 4.69) is 16.9 Å². The molecule has 22 valence electrons. The van der Waals surface area contributed by atoms with Gasteiger partial charge in [0.05, 0.1) is 0 Å². The van der Waals surface area contributed by atoms with Crippen LogP contribution < -0.4 is 0 Å². The van der Waals surface area contributed by atoms with Gasteiger partial charge in [0.15, 0.2) is 0 Å². The second-order valence-electron chi connectivity index (χ2n) is 0.202. The quantitative estimate of drug-likeness (QED) is 0.275. The molecule has 0 amide bonds. The third-order valence-electron chi connectivity index (χ3n) is 0.0430. The summed E-state index contributed by atoms with van der Waals surface area (Å²) < 4.78 is 0. The maximum atomic E-state index is 7.22. The van der Waals surface area contributed by atoms with Crippen molar-refractivity contribution >= 4 is 18.4 Å². The third-order valence-corrected chi connectivity index (χ3v) is 0.129. The molecule has 4 heavy (non-hydrogen) atoms. The van der Waals surface area contributed by atoms with Crippen molar-refractivity contribution in [2.24, 2.45) is 0 Å². The second kappa shape index (κ2) is 3.04. The van der Waals surface area contributed by atoms with Crippen LogP contribution in [0.3, 0.4) is 0 Å². The Bertz CT molecular complexity index is 20.0. The van der Waals surface area contributed by atoms with Crippen molar-refractivity contribution in [3.05, 3.63) is 0 Å². The van der Waals surface area contributed by atoms with E-state index in [4.69, 9.17) is 5.26 Å². The van der Waals surface area contributed by atoms with Gasteiger partial charge in [-0.05, 0) is 0 Å². The van der Waals surface area contributed by atoms with Crippen molar-refractivity contribution < 1.29 is 10.1 Å². The molecule has 0 aliphatic rings. The molecule has 0 radical (unpaired) electrons. The monoisotopic (exact) mass is 76.0 g/mol. The molecule has 0 bridgehead atoms. The summed E-state index contributed by atoms with van der Waals surface area (Å²) in [6, 6.07) is 0. The zero-order valence-electron chi connectivity index (χ0n) is 1.84. The summed E-state index contributed by atoms with van der Waals surface area (Å²) in [4.78, 5) is 3.23. The number of rotatable bonds is 1. The summed E-state index contributed by atoms with van der Waals surface area (Å²) >= 11 is 3.96. The normalized spacial score (nSPS) is 4.25. The maximum absolute atomic E-state index is 7.22. The van der Waals surface area contributed by atoms with Crippen molar-refractivity contribution in [2.75, 3.05) is 0 Å². The van der Waals surface area contributed by atoms with Crippen LogP contribution in [0.2, 0.25) is 0 Å². The average Bonchev–Trinajstić information content (AvgIpc) is 1.37. The minimum absolute atomic E-state index is 0.764. The Hall–Kier alpha value is 0.0449. The molecule has 0 aliphatic heterocycles. The standard InChI is InChI=1S/BHO2S/c2-3-1-4/h2H. The van der Waals surface area contributed by atoms with Gasteiger partial charge in [0.2, 0.25) is 0 Å². The van der Waals surface area contributed by atoms with Crippen molar-refractivity contribution in [1.29, 1.82) is 0 Å². The van der Waals surface area contributed by atoms with Crippen LogP contribution in [0.25, 0.3) is 0 Å². The fourth-order valence-electron chi connectivity index (χ4n) is 0. The molecular weight excluding hydrogens is 74.9 g/mol. The Labute approximate surface area is 29.5 Å². The van der Waals surface area contributed by atoms with Crippen molar-refractivity contribution in [3.8, 4) is 0 Å². The molecule has 0 heterocycles. The zero-order valence-corrected chi connectivity index (χ0v) is 2.66. The predicted octanol–water partition coefficient (Wildman–Crippen LogP) is 0.208. The second-order valence-corrected chi connectivity index (χ2v) is 0.394. The van der Waals surface area contributed by atoms with Crippen molar-refractivity contribution in [1.82, 2.24) is 0 Å². The van der Waals surface area contributed by atoms with Gasteiger partial charge in [-0.2, -0.15) is 0 Å². The van der Waals surface area contributed by atoms with E-state index in [-0.39, 0.29) is 0 Å². The van der Waals surface area contributed by atoms with Crippen LogP contribution in [0.4, 0.5) is 0 Å². The first kappa shape index (κ1) is 4.04. The van der Waals surface area contributed by atoms with Crippen molar-refractivity contribution in [2.45, 2.75) is 0 Å². The summed E-state index contributed by atoms with van der Waals surface area (Å²) in [5.41, 5.74) is 0. The van der Waals surface area contributed by atoms with E-state index >= 15 is 0 Å². The Morgan fingerprint density at radius 2 is 2.25 bits per heavy atom. The van der Waals surface area contributed by atoms with E-state index in [1.54, 1.807) is 0 Å². The first-order valence-corrected chi connectivity index (χ1v) is 1.13. The van der Waals surface area contributed by atoms with Crippen LogP contribution in [0.15, 0.2) is 0 Å². The van der Waals surface area contributed by atoms with E-state index in [0.717, 1.165) is 6.36 Å². The fraction of sp³-hybridized carbons (Fsp3) is 0. The SMILES string of the molecule is OOB=S. The zero-order chi connectivity index (χ0) is 3.41. The van der Waals surface area contributed by atoms with Gasteiger partial charge in [0.1, 0.15) is 0 Å². The molecule has 0 aromatic heterocycles. The summed E-state index contributed by atoms with van der Waals surface area (Å²) in [5.74, 6) is 0. The van der Waals surface area contributed by atoms with Gasteiger partial charge >= 0.3 is 28.5 Å². The van der Waals surface area contributed by atoms with E-state index in [9.17, 15) is 0 Å². The Kier molecular flexibility index (Phi) is 3.08. The van der Waals surface area contributed by atoms with E-state index in [1.165, 1.54) is 0 Å². The summed E-state index contributed by atoms with van der Waals surface area (Å²) in [6.07, 6.45) is 0.764. The molecule has 0 aromatic rings. The van der Waals surface area contributed by atoms with Gasteiger partial charge in [-0.1, -0.05) is 0 Å². The van der Waals surface area contributed by atoms with Crippen LogP contribution in [0, 0.1) is 0 Å². The first-order valence-electron chi connectivity index (χ1n) is 0.654. The summed E-state index contributed by atoms with van der Waals surface area (Å²) in [7, 11) is 0. The van der Waals surface area contributed by atoms with Gasteiger partial charge in [-0.15, -0.1) is 0 Å².